The lowest BCUT2D eigenvalue weighted by atomic mass is 10.4. The molecule has 2 rings (SSSR count). The second kappa shape index (κ2) is 3.64. The number of hydrogen-bond donors (Lipinski definition) is 0. The number of pyridine rings is 1. The largest absolute Gasteiger partial charge is 0.293 e. The summed E-state index contributed by atoms with van der Waals surface area (Å²) in [4.78, 5) is 4.19. The van der Waals surface area contributed by atoms with Crippen molar-refractivity contribution < 1.29 is 0 Å². The summed E-state index contributed by atoms with van der Waals surface area (Å²) in [5.41, 5.74) is 0.583. The molecule has 0 aliphatic rings. The van der Waals surface area contributed by atoms with Crippen molar-refractivity contribution >= 4 is 15.9 Å². The zero-order chi connectivity index (χ0) is 9.97. The van der Waals surface area contributed by atoms with Crippen molar-refractivity contribution in [3.8, 4) is 11.9 Å². The van der Waals surface area contributed by atoms with E-state index in [1.54, 1.807) is 16.8 Å². The molecule has 2 aromatic rings. The quantitative estimate of drug-likeness (QED) is 0.777. The highest BCUT2D eigenvalue weighted by atomic mass is 79.9. The molecule has 0 N–H and O–H groups in total. The van der Waals surface area contributed by atoms with E-state index in [0.717, 1.165) is 10.3 Å². The average molecular weight is 248 g/mol. The number of rotatable bonds is 1. The van der Waals surface area contributed by atoms with Crippen molar-refractivity contribution in [3.05, 3.63) is 46.8 Å². The first-order chi connectivity index (χ1) is 6.81. The van der Waals surface area contributed by atoms with Gasteiger partial charge in [-0.15, -0.1) is 0 Å². The second-order valence-electron chi connectivity index (χ2n) is 2.71. The number of halogens is 1. The molecular weight excluding hydrogens is 242 g/mol. The van der Waals surface area contributed by atoms with Crippen LogP contribution in [0.3, 0.4) is 0 Å². The molecule has 0 spiro atoms. The molecule has 2 aromatic heterocycles. The van der Waals surface area contributed by atoms with Crippen molar-refractivity contribution in [3.63, 3.8) is 0 Å². The first-order valence-electron chi connectivity index (χ1n) is 4.00. The van der Waals surface area contributed by atoms with Crippen LogP contribution in [0, 0.1) is 11.3 Å². The van der Waals surface area contributed by atoms with Crippen molar-refractivity contribution in [2.24, 2.45) is 0 Å². The van der Waals surface area contributed by atoms with E-state index in [1.807, 2.05) is 24.4 Å². The third-order valence-electron chi connectivity index (χ3n) is 1.82. The van der Waals surface area contributed by atoms with E-state index < -0.39 is 0 Å². The van der Waals surface area contributed by atoms with Crippen LogP contribution in [0.25, 0.3) is 5.82 Å². The third-order valence-corrected chi connectivity index (χ3v) is 2.29. The summed E-state index contributed by atoms with van der Waals surface area (Å²) in [6.07, 6.45) is 3.52. The van der Waals surface area contributed by atoms with Crippen LogP contribution in [0.2, 0.25) is 0 Å². The molecule has 0 unspecified atom stereocenters. The smallest absolute Gasteiger partial charge is 0.137 e. The highest BCUT2D eigenvalue weighted by Gasteiger charge is 2.02. The summed E-state index contributed by atoms with van der Waals surface area (Å²) < 4.78 is 2.67. The Balaban J connectivity index is 2.50. The van der Waals surface area contributed by atoms with Crippen LogP contribution in [-0.4, -0.2) is 9.55 Å². The minimum atomic E-state index is 0.583. The van der Waals surface area contributed by atoms with Crippen molar-refractivity contribution in [1.82, 2.24) is 9.55 Å². The van der Waals surface area contributed by atoms with Gasteiger partial charge in [-0.05, 0) is 40.2 Å². The summed E-state index contributed by atoms with van der Waals surface area (Å²) >= 11 is 3.31. The maximum Gasteiger partial charge on any atom is 0.137 e. The third kappa shape index (κ3) is 1.54. The highest BCUT2D eigenvalue weighted by Crippen LogP contribution is 2.12. The predicted molar refractivity (Wildman–Crippen MR) is 56.0 cm³/mol. The van der Waals surface area contributed by atoms with Gasteiger partial charge in [-0.25, -0.2) is 4.98 Å². The Morgan fingerprint density at radius 1 is 1.36 bits per heavy atom. The number of nitrogens with zero attached hydrogens (tertiary/aromatic N) is 3. The second-order valence-corrected chi connectivity index (χ2v) is 3.63. The van der Waals surface area contributed by atoms with Crippen LogP contribution in [0.15, 0.2) is 41.1 Å². The highest BCUT2D eigenvalue weighted by molar-refractivity contribution is 9.10. The topological polar surface area (TPSA) is 41.6 Å². The normalized spacial score (nSPS) is 9.71. The fourth-order valence-corrected chi connectivity index (χ4v) is 1.42. The van der Waals surface area contributed by atoms with Crippen LogP contribution in [0.1, 0.15) is 5.69 Å². The molecule has 0 bridgehead atoms. The van der Waals surface area contributed by atoms with Crippen LogP contribution >= 0.6 is 15.9 Å². The Labute approximate surface area is 89.8 Å². The SMILES string of the molecule is N#Cc1cccn1-c1ccc(Br)cn1. The molecule has 0 aliphatic heterocycles. The van der Waals surface area contributed by atoms with Gasteiger partial charge in [0, 0.05) is 16.9 Å². The lowest BCUT2D eigenvalue weighted by Gasteiger charge is -2.02. The van der Waals surface area contributed by atoms with Gasteiger partial charge in [0.25, 0.3) is 0 Å². The van der Waals surface area contributed by atoms with E-state index in [2.05, 4.69) is 27.0 Å². The van der Waals surface area contributed by atoms with E-state index >= 15 is 0 Å². The van der Waals surface area contributed by atoms with Crippen molar-refractivity contribution in [2.75, 3.05) is 0 Å². The lowest BCUT2D eigenvalue weighted by molar-refractivity contribution is 0.986. The standard InChI is InChI=1S/C10H6BrN3/c11-8-3-4-10(13-7-8)14-5-1-2-9(14)6-12/h1-5,7H. The summed E-state index contributed by atoms with van der Waals surface area (Å²) in [6.45, 7) is 0. The molecule has 0 atom stereocenters. The van der Waals surface area contributed by atoms with E-state index in [-0.39, 0.29) is 0 Å². The van der Waals surface area contributed by atoms with E-state index in [1.165, 1.54) is 0 Å². The molecule has 0 radical (unpaired) electrons. The van der Waals surface area contributed by atoms with Gasteiger partial charge in [0.2, 0.25) is 0 Å². The molecule has 0 aliphatic carbocycles. The van der Waals surface area contributed by atoms with E-state index in [9.17, 15) is 0 Å². The fourth-order valence-electron chi connectivity index (χ4n) is 1.18. The molecule has 68 valence electrons. The maximum atomic E-state index is 8.82. The monoisotopic (exact) mass is 247 g/mol. The number of hydrogen-bond acceptors (Lipinski definition) is 2. The van der Waals surface area contributed by atoms with Gasteiger partial charge < -0.3 is 0 Å². The van der Waals surface area contributed by atoms with Gasteiger partial charge in [0.05, 0.1) is 0 Å². The molecule has 0 saturated heterocycles. The van der Waals surface area contributed by atoms with Crippen LogP contribution < -0.4 is 0 Å². The molecule has 0 saturated carbocycles. The summed E-state index contributed by atoms with van der Waals surface area (Å²) in [7, 11) is 0. The maximum absolute atomic E-state index is 8.82. The Kier molecular flexibility index (Phi) is 2.33. The molecule has 2 heterocycles. The molecule has 14 heavy (non-hydrogen) atoms. The summed E-state index contributed by atoms with van der Waals surface area (Å²) in [5.74, 6) is 0.745. The molecule has 3 nitrogen and oxygen atoms in total. The van der Waals surface area contributed by atoms with Crippen LogP contribution in [0.4, 0.5) is 0 Å². The van der Waals surface area contributed by atoms with Gasteiger partial charge in [0.1, 0.15) is 17.6 Å². The Bertz CT molecular complexity index is 479. The summed E-state index contributed by atoms with van der Waals surface area (Å²) in [5, 5.41) is 8.82. The Morgan fingerprint density at radius 3 is 2.86 bits per heavy atom. The Morgan fingerprint density at radius 2 is 2.21 bits per heavy atom. The van der Waals surface area contributed by atoms with Crippen molar-refractivity contribution in [1.29, 1.82) is 5.26 Å². The van der Waals surface area contributed by atoms with Crippen LogP contribution in [-0.2, 0) is 0 Å². The zero-order valence-corrected chi connectivity index (χ0v) is 8.77. The van der Waals surface area contributed by atoms with Gasteiger partial charge >= 0.3 is 0 Å². The van der Waals surface area contributed by atoms with Gasteiger partial charge in [0.15, 0.2) is 0 Å². The minimum Gasteiger partial charge on any atom is -0.293 e. The average Bonchev–Trinajstić information content (AvgIpc) is 2.67. The fraction of sp³-hybridized carbons (Fsp3) is 0. The Hall–Kier alpha value is -1.60. The van der Waals surface area contributed by atoms with Gasteiger partial charge in [-0.1, -0.05) is 0 Å². The first kappa shape index (κ1) is 8.97. The molecule has 0 amide bonds. The number of aromatic nitrogens is 2. The van der Waals surface area contributed by atoms with Gasteiger partial charge in [-0.2, -0.15) is 5.26 Å². The molecule has 4 heteroatoms. The van der Waals surface area contributed by atoms with Gasteiger partial charge in [-0.3, -0.25) is 4.57 Å². The first-order valence-corrected chi connectivity index (χ1v) is 4.80. The molecule has 0 fully saturated rings. The zero-order valence-electron chi connectivity index (χ0n) is 7.18. The van der Waals surface area contributed by atoms with E-state index in [4.69, 9.17) is 5.26 Å². The molecule has 0 aromatic carbocycles. The minimum absolute atomic E-state index is 0.583. The number of nitriles is 1. The predicted octanol–water partition coefficient (Wildman–Crippen LogP) is 2.51. The summed E-state index contributed by atoms with van der Waals surface area (Å²) in [6, 6.07) is 9.42. The molecular formula is C10H6BrN3. The van der Waals surface area contributed by atoms with Crippen LogP contribution in [0.5, 0.6) is 0 Å². The lowest BCUT2D eigenvalue weighted by Crippen LogP contribution is -1.97. The van der Waals surface area contributed by atoms with E-state index in [0.29, 0.717) is 5.69 Å². The van der Waals surface area contributed by atoms with Crippen molar-refractivity contribution in [2.45, 2.75) is 0 Å².